The molecule has 1 heterocycles. The largest absolute Gasteiger partial charge is 0.481 e. The molecular weight excluding hydrogens is 269 g/mol. The maximum absolute atomic E-state index is 11.0. The summed E-state index contributed by atoms with van der Waals surface area (Å²) in [6.07, 6.45) is 3.57. The molecule has 0 saturated heterocycles. The number of hydrogen-bond donors (Lipinski definition) is 3. The highest BCUT2D eigenvalue weighted by Gasteiger charge is 2.22. The molecule has 0 bridgehead atoms. The Morgan fingerprint density at radius 3 is 2.42 bits per heavy atom. The van der Waals surface area contributed by atoms with E-state index < -0.39 is 26.0 Å². The van der Waals surface area contributed by atoms with Gasteiger partial charge in [-0.3, -0.25) is 14.6 Å². The molecule has 2 atom stereocenters. The van der Waals surface area contributed by atoms with Crippen molar-refractivity contribution in [1.29, 1.82) is 0 Å². The van der Waals surface area contributed by atoms with Crippen LogP contribution in [0.3, 0.4) is 0 Å². The highest BCUT2D eigenvalue weighted by molar-refractivity contribution is 7.50. The predicted octanol–water partition coefficient (Wildman–Crippen LogP) is 1.54. The molecule has 1 rings (SSSR count). The van der Waals surface area contributed by atoms with E-state index in [1.165, 1.54) is 0 Å². The zero-order valence-corrected chi connectivity index (χ0v) is 11.2. The number of aliphatic carboxylic acids is 2. The molecule has 104 valence electrons. The molecule has 0 spiro atoms. The minimum Gasteiger partial charge on any atom is -0.481 e. The second kappa shape index (κ2) is 7.81. The molecular formula is C12H16NO5P. The monoisotopic (exact) mass is 285 g/mol. The number of carboxylic acids is 2. The molecule has 1 aromatic rings. The van der Waals surface area contributed by atoms with Gasteiger partial charge < -0.3 is 15.1 Å². The van der Waals surface area contributed by atoms with Crippen molar-refractivity contribution in [3.63, 3.8) is 0 Å². The topological polar surface area (TPSA) is 108 Å². The highest BCUT2D eigenvalue weighted by atomic mass is 31.1. The first-order valence-corrected chi connectivity index (χ1v) is 7.43. The number of rotatable bonds is 8. The number of aromatic nitrogens is 1. The van der Waals surface area contributed by atoms with E-state index in [1.54, 1.807) is 24.5 Å². The van der Waals surface area contributed by atoms with Crippen molar-refractivity contribution in [2.24, 2.45) is 5.92 Å². The first kappa shape index (κ1) is 15.5. The first-order valence-electron chi connectivity index (χ1n) is 5.76. The Hall–Kier alpha value is -1.52. The summed E-state index contributed by atoms with van der Waals surface area (Å²) < 4.78 is 0. The summed E-state index contributed by atoms with van der Waals surface area (Å²) in [5.74, 6) is -2.89. The third kappa shape index (κ3) is 6.27. The smallest absolute Gasteiger partial charge is 0.306 e. The summed E-state index contributed by atoms with van der Waals surface area (Å²) in [4.78, 5) is 35.2. The SMILES string of the molecule is O=C(O)CCC(CP(O)Cc1ccncc1)C(=O)O. The molecule has 6 nitrogen and oxygen atoms in total. The zero-order valence-electron chi connectivity index (χ0n) is 10.3. The van der Waals surface area contributed by atoms with Crippen LogP contribution in [0.5, 0.6) is 0 Å². The fourth-order valence-electron chi connectivity index (χ4n) is 1.61. The molecule has 0 radical (unpaired) electrons. The summed E-state index contributed by atoms with van der Waals surface area (Å²) in [7, 11) is -1.46. The van der Waals surface area contributed by atoms with Gasteiger partial charge in [-0.2, -0.15) is 0 Å². The molecule has 2 unspecified atom stereocenters. The normalized spacial score (nSPS) is 13.7. The average Bonchev–Trinajstić information content (AvgIpc) is 2.35. The van der Waals surface area contributed by atoms with Gasteiger partial charge in [-0.05, 0) is 24.1 Å². The molecule has 0 aliphatic carbocycles. The first-order chi connectivity index (χ1) is 8.99. The summed E-state index contributed by atoms with van der Waals surface area (Å²) in [5, 5.41) is 17.6. The predicted molar refractivity (Wildman–Crippen MR) is 69.9 cm³/mol. The van der Waals surface area contributed by atoms with Gasteiger partial charge in [0.1, 0.15) is 0 Å². The molecule has 0 saturated carbocycles. The summed E-state index contributed by atoms with van der Waals surface area (Å²) in [6, 6.07) is 3.52. The fraction of sp³-hybridized carbons (Fsp3) is 0.417. The lowest BCUT2D eigenvalue weighted by atomic mass is 10.1. The van der Waals surface area contributed by atoms with Gasteiger partial charge in [-0.1, -0.05) is 0 Å². The standard InChI is InChI=1S/C12H16NO5P/c14-11(15)2-1-10(12(16)17)8-19(18)7-9-3-5-13-6-4-9/h3-6,10,18H,1-2,7-8H2,(H,14,15)(H,16,17). The Morgan fingerprint density at radius 1 is 1.26 bits per heavy atom. The second-order valence-corrected chi connectivity index (χ2v) is 5.86. The Labute approximate surface area is 111 Å². The summed E-state index contributed by atoms with van der Waals surface area (Å²) in [6.45, 7) is 0. The van der Waals surface area contributed by atoms with Crippen molar-refractivity contribution in [2.75, 3.05) is 6.16 Å². The number of hydrogen-bond acceptors (Lipinski definition) is 4. The molecule has 0 aliphatic heterocycles. The van der Waals surface area contributed by atoms with Crippen LogP contribution in [-0.2, 0) is 15.8 Å². The Balaban J connectivity index is 2.49. The maximum Gasteiger partial charge on any atom is 0.306 e. The van der Waals surface area contributed by atoms with Gasteiger partial charge in [0.15, 0.2) is 0 Å². The number of carbonyl (C=O) groups is 2. The average molecular weight is 285 g/mol. The van der Waals surface area contributed by atoms with Crippen LogP contribution in [0.2, 0.25) is 0 Å². The van der Waals surface area contributed by atoms with E-state index >= 15 is 0 Å². The van der Waals surface area contributed by atoms with E-state index in [9.17, 15) is 14.5 Å². The van der Waals surface area contributed by atoms with Crippen LogP contribution in [-0.4, -0.2) is 38.2 Å². The molecule has 3 N–H and O–H groups in total. The minimum atomic E-state index is -1.46. The van der Waals surface area contributed by atoms with Crippen LogP contribution in [0.25, 0.3) is 0 Å². The number of carboxylic acid groups (broad SMARTS) is 2. The van der Waals surface area contributed by atoms with Crippen LogP contribution >= 0.6 is 8.15 Å². The van der Waals surface area contributed by atoms with Gasteiger partial charge in [0.05, 0.1) is 5.92 Å². The lowest BCUT2D eigenvalue weighted by molar-refractivity contribution is -0.142. The van der Waals surface area contributed by atoms with Crippen molar-refractivity contribution >= 4 is 20.1 Å². The van der Waals surface area contributed by atoms with Gasteiger partial charge in [0.2, 0.25) is 0 Å². The number of nitrogens with zero attached hydrogens (tertiary/aromatic N) is 1. The number of pyridine rings is 1. The van der Waals surface area contributed by atoms with Crippen molar-refractivity contribution in [3.8, 4) is 0 Å². The summed E-state index contributed by atoms with van der Waals surface area (Å²) >= 11 is 0. The zero-order chi connectivity index (χ0) is 14.3. The third-order valence-electron chi connectivity index (χ3n) is 2.60. The quantitative estimate of drug-likeness (QED) is 0.625. The molecule has 0 fully saturated rings. The van der Waals surface area contributed by atoms with Crippen molar-refractivity contribution in [3.05, 3.63) is 30.1 Å². The van der Waals surface area contributed by atoms with Crippen LogP contribution in [0.1, 0.15) is 18.4 Å². The van der Waals surface area contributed by atoms with Gasteiger partial charge in [0.25, 0.3) is 0 Å². The van der Waals surface area contributed by atoms with Crippen LogP contribution in [0, 0.1) is 5.92 Å². The van der Waals surface area contributed by atoms with Crippen molar-refractivity contribution in [2.45, 2.75) is 19.0 Å². The van der Waals surface area contributed by atoms with E-state index in [1.807, 2.05) is 0 Å². The van der Waals surface area contributed by atoms with Crippen LogP contribution < -0.4 is 0 Å². The Morgan fingerprint density at radius 2 is 1.89 bits per heavy atom. The molecule has 0 aliphatic rings. The second-order valence-electron chi connectivity index (χ2n) is 4.17. The molecule has 19 heavy (non-hydrogen) atoms. The van der Waals surface area contributed by atoms with Gasteiger partial charge in [-0.15, -0.1) is 0 Å². The molecule has 0 amide bonds. The van der Waals surface area contributed by atoms with Gasteiger partial charge in [-0.25, -0.2) is 0 Å². The van der Waals surface area contributed by atoms with E-state index in [2.05, 4.69) is 4.98 Å². The van der Waals surface area contributed by atoms with Crippen LogP contribution in [0.15, 0.2) is 24.5 Å². The lowest BCUT2D eigenvalue weighted by Crippen LogP contribution is -2.18. The third-order valence-corrected chi connectivity index (χ3v) is 4.19. The van der Waals surface area contributed by atoms with E-state index in [4.69, 9.17) is 10.2 Å². The highest BCUT2D eigenvalue weighted by Crippen LogP contribution is 2.37. The Kier molecular flexibility index (Phi) is 6.39. The van der Waals surface area contributed by atoms with Crippen LogP contribution in [0.4, 0.5) is 0 Å². The molecule has 7 heteroatoms. The van der Waals surface area contributed by atoms with E-state index in [-0.39, 0.29) is 19.0 Å². The summed E-state index contributed by atoms with van der Waals surface area (Å²) in [5.41, 5.74) is 0.894. The fourth-order valence-corrected chi connectivity index (χ4v) is 3.22. The van der Waals surface area contributed by atoms with Crippen molar-refractivity contribution < 1.29 is 24.7 Å². The van der Waals surface area contributed by atoms with E-state index in [0.29, 0.717) is 6.16 Å². The maximum atomic E-state index is 11.0. The molecule has 1 aromatic heterocycles. The Bertz CT molecular complexity index is 425. The van der Waals surface area contributed by atoms with Gasteiger partial charge in [0, 0.05) is 39.3 Å². The lowest BCUT2D eigenvalue weighted by Gasteiger charge is -2.16. The van der Waals surface area contributed by atoms with E-state index in [0.717, 1.165) is 5.56 Å². The molecule has 0 aromatic carbocycles. The minimum absolute atomic E-state index is 0.0421. The van der Waals surface area contributed by atoms with Gasteiger partial charge >= 0.3 is 11.9 Å². The van der Waals surface area contributed by atoms with Crippen molar-refractivity contribution in [1.82, 2.24) is 4.98 Å².